The van der Waals surface area contributed by atoms with Crippen molar-refractivity contribution < 1.29 is 4.84 Å². The second-order valence-corrected chi connectivity index (χ2v) is 6.96. The third-order valence-corrected chi connectivity index (χ3v) is 4.92. The van der Waals surface area contributed by atoms with E-state index in [-0.39, 0.29) is 6.04 Å². The number of hydrogen-bond acceptors (Lipinski definition) is 4. The van der Waals surface area contributed by atoms with Crippen LogP contribution < -0.4 is 5.73 Å². The van der Waals surface area contributed by atoms with Gasteiger partial charge in [-0.3, -0.25) is 0 Å². The van der Waals surface area contributed by atoms with Gasteiger partial charge in [0.05, 0.1) is 0 Å². The van der Waals surface area contributed by atoms with E-state index < -0.39 is 0 Å². The third-order valence-electron chi connectivity index (χ3n) is 3.84. The van der Waals surface area contributed by atoms with Crippen molar-refractivity contribution in [2.45, 2.75) is 32.2 Å². The van der Waals surface area contributed by atoms with Gasteiger partial charge in [0, 0.05) is 22.4 Å². The zero-order valence-electron chi connectivity index (χ0n) is 12.9. The highest BCUT2D eigenvalue weighted by atomic mass is 32.1. The van der Waals surface area contributed by atoms with Crippen molar-refractivity contribution in [1.82, 2.24) is 5.06 Å². The molecule has 1 aliphatic heterocycles. The van der Waals surface area contributed by atoms with Gasteiger partial charge in [-0.1, -0.05) is 30.3 Å². The van der Waals surface area contributed by atoms with Gasteiger partial charge in [-0.2, -0.15) is 0 Å². The molecule has 0 saturated heterocycles. The molecule has 0 bridgehead atoms. The molecule has 2 aromatic rings. The standard InChI is InChI=1S/C18H22N2OS/c1-14-10-11-17(22-14)16-13-18(19)21-20(16)12-6-5-9-15-7-3-2-4-8-15/h2-4,7-8,10-11,13,16H,5-6,9,12,19H2,1H3. The maximum Gasteiger partial charge on any atom is 0.207 e. The van der Waals surface area contributed by atoms with E-state index in [0.29, 0.717) is 5.88 Å². The van der Waals surface area contributed by atoms with Crippen molar-refractivity contribution in [2.24, 2.45) is 5.73 Å². The van der Waals surface area contributed by atoms with Crippen LogP contribution in [0.2, 0.25) is 0 Å². The molecule has 1 unspecified atom stereocenters. The minimum Gasteiger partial charge on any atom is -0.388 e. The monoisotopic (exact) mass is 314 g/mol. The SMILES string of the molecule is Cc1ccc(C2C=C(N)ON2CCCCc2ccccc2)s1. The van der Waals surface area contributed by atoms with Crippen LogP contribution in [0.5, 0.6) is 0 Å². The summed E-state index contributed by atoms with van der Waals surface area (Å²) in [6, 6.07) is 15.1. The van der Waals surface area contributed by atoms with Gasteiger partial charge in [0.1, 0.15) is 6.04 Å². The van der Waals surface area contributed by atoms with Crippen molar-refractivity contribution in [3.05, 3.63) is 69.7 Å². The third kappa shape index (κ3) is 3.70. The Morgan fingerprint density at radius 2 is 1.95 bits per heavy atom. The number of nitrogens with zero attached hydrogens (tertiary/aromatic N) is 1. The molecule has 1 aromatic carbocycles. The maximum absolute atomic E-state index is 5.86. The van der Waals surface area contributed by atoms with Crippen LogP contribution in [0.4, 0.5) is 0 Å². The van der Waals surface area contributed by atoms with E-state index in [1.807, 2.05) is 11.1 Å². The first-order valence-corrected chi connectivity index (χ1v) is 8.56. The number of hydroxylamine groups is 2. The van der Waals surface area contributed by atoms with E-state index in [9.17, 15) is 0 Å². The normalized spacial score (nSPS) is 18.2. The number of hydrogen-bond donors (Lipinski definition) is 1. The molecular formula is C18H22N2OS. The first-order valence-electron chi connectivity index (χ1n) is 7.74. The molecule has 22 heavy (non-hydrogen) atoms. The number of thiophene rings is 1. The molecule has 2 N–H and O–H groups in total. The molecule has 0 fully saturated rings. The van der Waals surface area contributed by atoms with Crippen LogP contribution in [-0.2, 0) is 11.3 Å². The second kappa shape index (κ2) is 6.99. The van der Waals surface area contributed by atoms with Crippen molar-refractivity contribution >= 4 is 11.3 Å². The zero-order valence-corrected chi connectivity index (χ0v) is 13.7. The van der Waals surface area contributed by atoms with Crippen molar-refractivity contribution in [3.8, 4) is 0 Å². The minimum atomic E-state index is 0.162. The summed E-state index contributed by atoms with van der Waals surface area (Å²) in [5, 5.41) is 2.01. The molecule has 116 valence electrons. The van der Waals surface area contributed by atoms with Crippen LogP contribution in [0.15, 0.2) is 54.4 Å². The molecule has 4 heteroatoms. The maximum atomic E-state index is 5.86. The lowest BCUT2D eigenvalue weighted by Gasteiger charge is -2.21. The van der Waals surface area contributed by atoms with Gasteiger partial charge in [-0.15, -0.1) is 16.4 Å². The molecule has 0 saturated carbocycles. The lowest BCUT2D eigenvalue weighted by Crippen LogP contribution is -2.24. The van der Waals surface area contributed by atoms with Crippen molar-refractivity contribution in [2.75, 3.05) is 6.54 Å². The predicted molar refractivity (Wildman–Crippen MR) is 91.2 cm³/mol. The lowest BCUT2D eigenvalue weighted by atomic mass is 10.1. The van der Waals surface area contributed by atoms with E-state index in [0.717, 1.165) is 25.8 Å². The largest absolute Gasteiger partial charge is 0.388 e. The zero-order chi connectivity index (χ0) is 15.4. The highest BCUT2D eigenvalue weighted by Crippen LogP contribution is 2.33. The summed E-state index contributed by atoms with van der Waals surface area (Å²) in [6.45, 7) is 3.02. The molecule has 1 aromatic heterocycles. The molecule has 2 heterocycles. The van der Waals surface area contributed by atoms with E-state index in [2.05, 4.69) is 49.4 Å². The fourth-order valence-corrected chi connectivity index (χ4v) is 3.67. The fraction of sp³-hybridized carbons (Fsp3) is 0.333. The highest BCUT2D eigenvalue weighted by molar-refractivity contribution is 7.12. The Balaban J connectivity index is 1.51. The average molecular weight is 314 g/mol. The van der Waals surface area contributed by atoms with Gasteiger partial charge in [-0.25, -0.2) is 0 Å². The number of rotatable bonds is 6. The summed E-state index contributed by atoms with van der Waals surface area (Å²) in [6.07, 6.45) is 5.36. The first-order chi connectivity index (χ1) is 10.7. The topological polar surface area (TPSA) is 38.5 Å². The Kier molecular flexibility index (Phi) is 4.80. The van der Waals surface area contributed by atoms with Gasteiger partial charge in [-0.05, 0) is 43.9 Å². The Hall–Kier alpha value is -1.78. The lowest BCUT2D eigenvalue weighted by molar-refractivity contribution is -0.119. The Labute approximate surface area is 136 Å². The molecule has 1 atom stereocenters. The van der Waals surface area contributed by atoms with Crippen molar-refractivity contribution in [3.63, 3.8) is 0 Å². The van der Waals surface area contributed by atoms with Gasteiger partial charge < -0.3 is 10.6 Å². The minimum absolute atomic E-state index is 0.162. The van der Waals surface area contributed by atoms with E-state index >= 15 is 0 Å². The molecule has 0 radical (unpaired) electrons. The summed E-state index contributed by atoms with van der Waals surface area (Å²) in [7, 11) is 0. The van der Waals surface area contributed by atoms with Gasteiger partial charge in [0.2, 0.25) is 5.88 Å². The molecule has 0 spiro atoms. The molecule has 0 aliphatic carbocycles. The van der Waals surface area contributed by atoms with Crippen LogP contribution in [0, 0.1) is 6.92 Å². The predicted octanol–water partition coefficient (Wildman–Crippen LogP) is 4.17. The van der Waals surface area contributed by atoms with Crippen LogP contribution >= 0.6 is 11.3 Å². The van der Waals surface area contributed by atoms with Crippen LogP contribution in [0.3, 0.4) is 0 Å². The van der Waals surface area contributed by atoms with Crippen LogP contribution in [-0.4, -0.2) is 11.6 Å². The number of unbranched alkanes of at least 4 members (excludes halogenated alkanes) is 1. The van der Waals surface area contributed by atoms with Gasteiger partial charge in [0.15, 0.2) is 0 Å². The second-order valence-electron chi connectivity index (χ2n) is 5.64. The van der Waals surface area contributed by atoms with Gasteiger partial charge in [0.25, 0.3) is 0 Å². The molecule has 3 nitrogen and oxygen atoms in total. The first kappa shape index (κ1) is 15.1. The highest BCUT2D eigenvalue weighted by Gasteiger charge is 2.27. The number of benzene rings is 1. The average Bonchev–Trinajstić information content (AvgIpc) is 3.10. The summed E-state index contributed by atoms with van der Waals surface area (Å²) in [5.41, 5.74) is 7.25. The van der Waals surface area contributed by atoms with Crippen molar-refractivity contribution in [1.29, 1.82) is 0 Å². The molecule has 0 amide bonds. The van der Waals surface area contributed by atoms with Crippen LogP contribution in [0.1, 0.15) is 34.2 Å². The molecular weight excluding hydrogens is 292 g/mol. The summed E-state index contributed by atoms with van der Waals surface area (Å²) < 4.78 is 0. The van der Waals surface area contributed by atoms with Gasteiger partial charge >= 0.3 is 0 Å². The smallest absolute Gasteiger partial charge is 0.207 e. The summed E-state index contributed by atoms with van der Waals surface area (Å²) in [5.74, 6) is 0.513. The Morgan fingerprint density at radius 3 is 2.68 bits per heavy atom. The molecule has 3 rings (SSSR count). The van der Waals surface area contributed by atoms with E-state index in [1.165, 1.54) is 15.3 Å². The summed E-state index contributed by atoms with van der Waals surface area (Å²) >= 11 is 1.81. The number of nitrogens with two attached hydrogens (primary N) is 1. The Morgan fingerprint density at radius 1 is 1.14 bits per heavy atom. The summed E-state index contributed by atoms with van der Waals surface area (Å²) in [4.78, 5) is 8.28. The van der Waals surface area contributed by atoms with Crippen LogP contribution in [0.25, 0.3) is 0 Å². The van der Waals surface area contributed by atoms with E-state index in [4.69, 9.17) is 10.6 Å². The molecule has 1 aliphatic rings. The Bertz CT molecular complexity index is 636. The quantitative estimate of drug-likeness (QED) is 0.813. The fourth-order valence-electron chi connectivity index (χ4n) is 2.72. The van der Waals surface area contributed by atoms with E-state index in [1.54, 1.807) is 11.3 Å². The number of aryl methyl sites for hydroxylation is 2.